The van der Waals surface area contributed by atoms with Gasteiger partial charge in [-0.25, -0.2) is 10.4 Å². The largest absolute Gasteiger partial charge is 0.291 e. The fourth-order valence-corrected chi connectivity index (χ4v) is 1.55. The van der Waals surface area contributed by atoms with Gasteiger partial charge in [-0.15, -0.1) is 0 Å². The maximum absolute atomic E-state index is 11.6. The first-order valence-corrected chi connectivity index (χ1v) is 6.18. The van der Waals surface area contributed by atoms with Crippen LogP contribution in [0.2, 0.25) is 0 Å². The Morgan fingerprint density at radius 1 is 1.32 bits per heavy atom. The van der Waals surface area contributed by atoms with E-state index in [4.69, 9.17) is 0 Å². The third kappa shape index (κ3) is 4.04. The second-order valence-corrected chi connectivity index (χ2v) is 3.98. The quantitative estimate of drug-likeness (QED) is 0.514. The fraction of sp³-hybridized carbons (Fsp3) is 0. The van der Waals surface area contributed by atoms with Gasteiger partial charge in [-0.3, -0.25) is 19.9 Å². The number of carbonyl (C=O) groups excluding carboxylic acids is 1. The van der Waals surface area contributed by atoms with Crippen LogP contribution in [0.5, 0.6) is 0 Å². The average Bonchev–Trinajstić information content (AvgIpc) is 2.55. The lowest BCUT2D eigenvalue weighted by Gasteiger charge is -1.96. The van der Waals surface area contributed by atoms with Gasteiger partial charge >= 0.3 is 0 Å². The highest BCUT2D eigenvalue weighted by molar-refractivity contribution is 5.92. The summed E-state index contributed by atoms with van der Waals surface area (Å²) in [5.74, 6) is -0.497. The van der Waals surface area contributed by atoms with Gasteiger partial charge in [-0.05, 0) is 18.2 Å². The summed E-state index contributed by atoms with van der Waals surface area (Å²) in [6.07, 6.45) is 8.48. The van der Waals surface area contributed by atoms with Crippen LogP contribution in [-0.4, -0.2) is 27.0 Å². The van der Waals surface area contributed by atoms with Crippen molar-refractivity contribution in [1.82, 2.24) is 15.4 Å². The van der Waals surface area contributed by atoms with E-state index >= 15 is 0 Å². The maximum Gasteiger partial charge on any atom is 0.291 e. The van der Waals surface area contributed by atoms with Crippen molar-refractivity contribution in [2.24, 2.45) is 5.10 Å². The third-order valence-electron chi connectivity index (χ3n) is 2.53. The summed E-state index contributed by atoms with van der Waals surface area (Å²) in [6, 6.07) is 6.30. The van der Waals surface area contributed by atoms with Crippen LogP contribution in [0.3, 0.4) is 0 Å². The van der Waals surface area contributed by atoms with Crippen molar-refractivity contribution in [2.75, 3.05) is 0 Å². The topological polar surface area (TPSA) is 110 Å². The molecule has 22 heavy (non-hydrogen) atoms. The molecule has 0 aliphatic heterocycles. The lowest BCUT2D eigenvalue weighted by atomic mass is 10.2. The lowest BCUT2D eigenvalue weighted by molar-refractivity contribution is -0.385. The monoisotopic (exact) mass is 297 g/mol. The van der Waals surface area contributed by atoms with Gasteiger partial charge in [0.2, 0.25) is 0 Å². The van der Waals surface area contributed by atoms with E-state index in [1.807, 2.05) is 0 Å². The van der Waals surface area contributed by atoms with Gasteiger partial charge < -0.3 is 0 Å². The number of nitrogens with one attached hydrogen (secondary N) is 1. The molecular weight excluding hydrogens is 286 g/mol. The Labute approximate surface area is 125 Å². The number of nitro groups is 1. The molecule has 110 valence electrons. The molecule has 0 spiro atoms. The van der Waals surface area contributed by atoms with E-state index in [9.17, 15) is 14.9 Å². The number of benzene rings is 1. The van der Waals surface area contributed by atoms with Crippen molar-refractivity contribution in [3.63, 3.8) is 0 Å². The van der Waals surface area contributed by atoms with Crippen molar-refractivity contribution in [1.29, 1.82) is 0 Å². The zero-order valence-electron chi connectivity index (χ0n) is 11.3. The van der Waals surface area contributed by atoms with Gasteiger partial charge in [0.15, 0.2) is 0 Å². The number of carbonyl (C=O) groups is 1. The van der Waals surface area contributed by atoms with Crippen LogP contribution in [0.25, 0.3) is 6.08 Å². The number of nitro benzene ring substituents is 1. The molecule has 0 saturated carbocycles. The van der Waals surface area contributed by atoms with Crippen molar-refractivity contribution in [3.8, 4) is 0 Å². The van der Waals surface area contributed by atoms with Crippen LogP contribution in [-0.2, 0) is 0 Å². The maximum atomic E-state index is 11.6. The van der Waals surface area contributed by atoms with Crippen LogP contribution >= 0.6 is 0 Å². The van der Waals surface area contributed by atoms with Crippen molar-refractivity contribution in [3.05, 3.63) is 70.3 Å². The number of rotatable bonds is 5. The molecule has 1 N–H and O–H groups in total. The minimum atomic E-state index is -0.497. The molecule has 2 aromatic rings. The van der Waals surface area contributed by atoms with Crippen LogP contribution in [0.1, 0.15) is 16.1 Å². The molecular formula is C14H11N5O3. The first kappa shape index (κ1) is 15.0. The molecule has 1 amide bonds. The minimum Gasteiger partial charge on any atom is -0.265 e. The van der Waals surface area contributed by atoms with E-state index in [0.717, 1.165) is 0 Å². The van der Waals surface area contributed by atoms with Crippen LogP contribution in [0.4, 0.5) is 5.69 Å². The second kappa shape index (κ2) is 7.39. The van der Waals surface area contributed by atoms with Gasteiger partial charge in [0.25, 0.3) is 11.6 Å². The van der Waals surface area contributed by atoms with Crippen molar-refractivity contribution in [2.45, 2.75) is 0 Å². The first-order valence-electron chi connectivity index (χ1n) is 6.18. The highest BCUT2D eigenvalue weighted by atomic mass is 16.6. The zero-order valence-corrected chi connectivity index (χ0v) is 11.3. The fourth-order valence-electron chi connectivity index (χ4n) is 1.55. The molecule has 1 heterocycles. The number of hydrogen-bond donors (Lipinski definition) is 1. The van der Waals surface area contributed by atoms with E-state index in [1.54, 1.807) is 18.2 Å². The number of amides is 1. The van der Waals surface area contributed by atoms with E-state index in [0.29, 0.717) is 5.56 Å². The van der Waals surface area contributed by atoms with Gasteiger partial charge in [0, 0.05) is 24.7 Å². The number of aromatic nitrogens is 2. The zero-order chi connectivity index (χ0) is 15.8. The molecule has 0 unspecified atom stereocenters. The molecule has 0 fully saturated rings. The van der Waals surface area contributed by atoms with Crippen molar-refractivity contribution < 1.29 is 9.72 Å². The van der Waals surface area contributed by atoms with Gasteiger partial charge in [0.05, 0.1) is 16.7 Å². The molecule has 8 heteroatoms. The Hall–Kier alpha value is -3.42. The average molecular weight is 297 g/mol. The van der Waals surface area contributed by atoms with Crippen LogP contribution in [0, 0.1) is 10.1 Å². The number of hydrogen-bond acceptors (Lipinski definition) is 6. The Morgan fingerprint density at radius 3 is 2.86 bits per heavy atom. The molecule has 0 saturated heterocycles. The second-order valence-electron chi connectivity index (χ2n) is 3.98. The molecule has 8 nitrogen and oxygen atoms in total. The predicted octanol–water partition coefficient (Wildman–Crippen LogP) is 1.81. The molecule has 1 aromatic carbocycles. The number of nitrogens with zero attached hydrogens (tertiary/aromatic N) is 4. The summed E-state index contributed by atoms with van der Waals surface area (Å²) >= 11 is 0. The minimum absolute atomic E-state index is 0.00394. The summed E-state index contributed by atoms with van der Waals surface area (Å²) in [4.78, 5) is 29.5. The van der Waals surface area contributed by atoms with Crippen molar-refractivity contribution >= 4 is 23.9 Å². The molecule has 1 aromatic heterocycles. The van der Waals surface area contributed by atoms with Gasteiger partial charge in [-0.2, -0.15) is 5.10 Å². The number of allylic oxidation sites excluding steroid dienone is 1. The number of para-hydroxylation sites is 1. The van der Waals surface area contributed by atoms with Crippen LogP contribution < -0.4 is 5.43 Å². The normalized spacial score (nSPS) is 10.9. The standard InChI is InChI=1S/C14H11N5O3/c20-14(12-10-15-8-9-16-12)18-17-7-3-5-11-4-1-2-6-13(11)19(21)22/h1-10H,(H,18,20)/b5-3+,17-7-. The SMILES string of the molecule is O=C(N/N=C\C=C\c1ccccc1[N+](=O)[O-])c1cnccn1. The van der Waals surface area contributed by atoms with E-state index in [2.05, 4.69) is 20.5 Å². The van der Waals surface area contributed by atoms with E-state index < -0.39 is 10.8 Å². The van der Waals surface area contributed by atoms with Crippen LogP contribution in [0.15, 0.2) is 54.0 Å². The lowest BCUT2D eigenvalue weighted by Crippen LogP contribution is -2.18. The summed E-state index contributed by atoms with van der Waals surface area (Å²) < 4.78 is 0. The van der Waals surface area contributed by atoms with Gasteiger partial charge in [0.1, 0.15) is 5.69 Å². The highest BCUT2D eigenvalue weighted by Crippen LogP contribution is 2.18. The van der Waals surface area contributed by atoms with E-state index in [-0.39, 0.29) is 11.4 Å². The number of hydrazone groups is 1. The summed E-state index contributed by atoms with van der Waals surface area (Å²) in [5.41, 5.74) is 2.85. The Morgan fingerprint density at radius 2 is 2.14 bits per heavy atom. The molecule has 2 rings (SSSR count). The first-order chi connectivity index (χ1) is 10.7. The predicted molar refractivity (Wildman–Crippen MR) is 80.1 cm³/mol. The Balaban J connectivity index is 1.96. The Kier molecular flexibility index (Phi) is 5.03. The van der Waals surface area contributed by atoms with Gasteiger partial charge in [-0.1, -0.05) is 12.1 Å². The van der Waals surface area contributed by atoms with E-state index in [1.165, 1.54) is 43.0 Å². The molecule has 0 radical (unpaired) electrons. The summed E-state index contributed by atoms with van der Waals surface area (Å²) in [5, 5.41) is 14.5. The molecule has 0 aliphatic rings. The molecule has 0 aliphatic carbocycles. The molecule has 0 atom stereocenters. The smallest absolute Gasteiger partial charge is 0.265 e. The third-order valence-corrected chi connectivity index (χ3v) is 2.53. The summed E-state index contributed by atoms with van der Waals surface area (Å²) in [7, 11) is 0. The summed E-state index contributed by atoms with van der Waals surface area (Å²) in [6.45, 7) is 0. The Bertz CT molecular complexity index is 728. The highest BCUT2D eigenvalue weighted by Gasteiger charge is 2.08. The molecule has 0 bridgehead atoms.